The minimum absolute atomic E-state index is 0.000816. The number of amides is 2. The van der Waals surface area contributed by atoms with Gasteiger partial charge in [-0.05, 0) is 38.7 Å². The summed E-state index contributed by atoms with van der Waals surface area (Å²) in [6.07, 6.45) is 10.5. The van der Waals surface area contributed by atoms with E-state index in [1.165, 1.54) is 17.2 Å². The summed E-state index contributed by atoms with van der Waals surface area (Å²) in [5.41, 5.74) is 0.840. The van der Waals surface area contributed by atoms with Crippen LogP contribution >= 0.6 is 0 Å². The molecule has 0 aromatic carbocycles. The van der Waals surface area contributed by atoms with Crippen molar-refractivity contribution >= 4 is 23.6 Å². The van der Waals surface area contributed by atoms with Crippen molar-refractivity contribution in [3.05, 3.63) is 66.5 Å². The topological polar surface area (TPSA) is 139 Å². The lowest BCUT2D eigenvalue weighted by molar-refractivity contribution is -0.158. The highest BCUT2D eigenvalue weighted by molar-refractivity contribution is 5.95. The van der Waals surface area contributed by atoms with Gasteiger partial charge in [-0.25, -0.2) is 9.78 Å². The van der Waals surface area contributed by atoms with E-state index in [0.717, 1.165) is 5.57 Å². The number of hydrogen-bond acceptors (Lipinski definition) is 8. The molecule has 0 spiro atoms. The SMILES string of the molecule is C=CCNC(=O)/C=C/[C@@H](C)[C@H](OC(=O)[C@H]1CCCN1C(=O)c1coc(CC(=O)C[C@H](O)/C=C(C)/C=C\C)n1)C(C)C. The van der Waals surface area contributed by atoms with Gasteiger partial charge in [0, 0.05) is 25.4 Å². The number of Topliss-reactive ketones (excluding diaryl/α,β-unsaturated/α-hetero) is 1. The quantitative estimate of drug-likeness (QED) is 0.141. The number of carbonyl (C=O) groups excluding carboxylic acids is 4. The Morgan fingerprint density at radius 2 is 2.00 bits per heavy atom. The van der Waals surface area contributed by atoms with Crippen molar-refractivity contribution in [3.8, 4) is 0 Å². The molecule has 0 unspecified atom stereocenters. The lowest BCUT2D eigenvalue weighted by Gasteiger charge is -2.29. The van der Waals surface area contributed by atoms with Crippen LogP contribution in [0.5, 0.6) is 0 Å². The predicted molar refractivity (Wildman–Crippen MR) is 155 cm³/mol. The Morgan fingerprint density at radius 3 is 2.66 bits per heavy atom. The molecule has 2 heterocycles. The Hall–Kier alpha value is -3.79. The third kappa shape index (κ3) is 10.6. The summed E-state index contributed by atoms with van der Waals surface area (Å²) < 4.78 is 11.2. The normalized spacial score (nSPS) is 18.1. The van der Waals surface area contributed by atoms with Crippen molar-refractivity contribution in [3.63, 3.8) is 0 Å². The van der Waals surface area contributed by atoms with E-state index < -0.39 is 30.1 Å². The van der Waals surface area contributed by atoms with E-state index in [1.54, 1.807) is 18.2 Å². The maximum absolute atomic E-state index is 13.2. The van der Waals surface area contributed by atoms with Gasteiger partial charge in [-0.15, -0.1) is 6.58 Å². The Balaban J connectivity index is 2.02. The molecule has 0 bridgehead atoms. The molecule has 4 atom stereocenters. The van der Waals surface area contributed by atoms with E-state index in [-0.39, 0.29) is 48.0 Å². The van der Waals surface area contributed by atoms with Crippen molar-refractivity contribution < 1.29 is 33.4 Å². The largest absolute Gasteiger partial charge is 0.460 e. The van der Waals surface area contributed by atoms with Crippen molar-refractivity contribution in [2.24, 2.45) is 11.8 Å². The number of carbonyl (C=O) groups is 4. The standard InChI is InChI=1S/C31H43N3O7/c1-7-10-21(5)16-23(35)17-24(36)18-28-33-25(19-40-28)30(38)34-15-9-11-26(34)31(39)41-29(20(3)4)22(6)12-13-27(37)32-14-8-2/h7-8,10,12-13,16,19-20,22-23,26,29,35H,2,9,11,14-15,17-18H2,1,3-6H3,(H,32,37)/b10-7-,13-12+,21-16+/t22-,23-,26-,29-/m1/s1. The predicted octanol–water partition coefficient (Wildman–Crippen LogP) is 3.73. The number of nitrogens with zero attached hydrogens (tertiary/aromatic N) is 2. The first kappa shape index (κ1) is 33.4. The van der Waals surface area contributed by atoms with Crippen molar-refractivity contribution in [2.45, 2.75) is 78.6 Å². The maximum Gasteiger partial charge on any atom is 0.329 e. The van der Waals surface area contributed by atoms with E-state index >= 15 is 0 Å². The number of ether oxygens (including phenoxy) is 1. The monoisotopic (exact) mass is 569 g/mol. The second-order valence-corrected chi connectivity index (χ2v) is 10.6. The van der Waals surface area contributed by atoms with Gasteiger partial charge in [0.25, 0.3) is 5.91 Å². The van der Waals surface area contributed by atoms with E-state index in [1.807, 2.05) is 46.8 Å². The zero-order valence-electron chi connectivity index (χ0n) is 24.7. The van der Waals surface area contributed by atoms with Gasteiger partial charge in [0.15, 0.2) is 5.69 Å². The van der Waals surface area contributed by atoms with Crippen LogP contribution in [-0.4, -0.2) is 69.9 Å². The minimum atomic E-state index is -0.937. The van der Waals surface area contributed by atoms with Crippen LogP contribution in [0.15, 0.2) is 59.3 Å². The molecule has 10 nitrogen and oxygen atoms in total. The van der Waals surface area contributed by atoms with Gasteiger partial charge in [-0.3, -0.25) is 14.4 Å². The first-order valence-electron chi connectivity index (χ1n) is 14.0. The molecular formula is C31H43N3O7. The zero-order chi connectivity index (χ0) is 30.5. The average Bonchev–Trinajstić information content (AvgIpc) is 3.58. The fourth-order valence-electron chi connectivity index (χ4n) is 4.69. The molecule has 1 saturated heterocycles. The number of likely N-dealkylation sites (tertiary alicyclic amines) is 1. The summed E-state index contributed by atoms with van der Waals surface area (Å²) in [5.74, 6) is -1.75. The number of aliphatic hydroxyl groups is 1. The number of rotatable bonds is 15. The second kappa shape index (κ2) is 16.5. The summed E-state index contributed by atoms with van der Waals surface area (Å²) >= 11 is 0. The van der Waals surface area contributed by atoms with Gasteiger partial charge in [-0.2, -0.15) is 0 Å². The van der Waals surface area contributed by atoms with Gasteiger partial charge >= 0.3 is 5.97 Å². The lowest BCUT2D eigenvalue weighted by atomic mass is 9.94. The number of nitrogens with one attached hydrogen (secondary N) is 1. The van der Waals surface area contributed by atoms with Crippen LogP contribution in [0.1, 0.15) is 70.3 Å². The van der Waals surface area contributed by atoms with Crippen LogP contribution in [0.25, 0.3) is 0 Å². The molecule has 1 aliphatic heterocycles. The van der Waals surface area contributed by atoms with Gasteiger partial charge < -0.3 is 24.5 Å². The maximum atomic E-state index is 13.2. The first-order valence-corrected chi connectivity index (χ1v) is 14.0. The summed E-state index contributed by atoms with van der Waals surface area (Å²) in [7, 11) is 0. The van der Waals surface area contributed by atoms with Crippen LogP contribution in [-0.2, 0) is 25.5 Å². The number of aliphatic hydroxyl groups excluding tert-OH is 1. The Kier molecular flexibility index (Phi) is 13.4. The third-order valence-electron chi connectivity index (χ3n) is 6.63. The second-order valence-electron chi connectivity index (χ2n) is 10.6. The van der Waals surface area contributed by atoms with Gasteiger partial charge in [-0.1, -0.05) is 56.7 Å². The summed E-state index contributed by atoms with van der Waals surface area (Å²) in [6, 6.07) is -0.778. The molecule has 0 aliphatic carbocycles. The third-order valence-corrected chi connectivity index (χ3v) is 6.63. The molecule has 1 aliphatic rings. The fourth-order valence-corrected chi connectivity index (χ4v) is 4.69. The van der Waals surface area contributed by atoms with E-state index in [2.05, 4.69) is 16.9 Å². The molecule has 41 heavy (non-hydrogen) atoms. The smallest absolute Gasteiger partial charge is 0.329 e. The number of aromatic nitrogens is 1. The van der Waals surface area contributed by atoms with Crippen LogP contribution in [0.4, 0.5) is 0 Å². The molecule has 224 valence electrons. The average molecular weight is 570 g/mol. The summed E-state index contributed by atoms with van der Waals surface area (Å²) in [5, 5.41) is 12.8. The number of esters is 1. The van der Waals surface area contributed by atoms with Crippen molar-refractivity contribution in [2.75, 3.05) is 13.1 Å². The molecule has 2 rings (SSSR count). The lowest BCUT2D eigenvalue weighted by Crippen LogP contribution is -2.44. The molecule has 0 radical (unpaired) electrons. The van der Waals surface area contributed by atoms with E-state index in [4.69, 9.17) is 9.15 Å². The van der Waals surface area contributed by atoms with Crippen molar-refractivity contribution in [1.29, 1.82) is 0 Å². The highest BCUT2D eigenvalue weighted by atomic mass is 16.5. The van der Waals surface area contributed by atoms with E-state index in [0.29, 0.717) is 25.9 Å². The molecule has 1 aromatic heterocycles. The fraction of sp³-hybridized carbons (Fsp3) is 0.516. The first-order chi connectivity index (χ1) is 19.5. The van der Waals surface area contributed by atoms with Crippen LogP contribution < -0.4 is 5.32 Å². The number of hydrogen-bond donors (Lipinski definition) is 2. The minimum Gasteiger partial charge on any atom is -0.460 e. The highest BCUT2D eigenvalue weighted by Crippen LogP contribution is 2.25. The molecule has 2 N–H and O–H groups in total. The van der Waals surface area contributed by atoms with Gasteiger partial charge in [0.2, 0.25) is 11.8 Å². The Morgan fingerprint density at radius 1 is 1.27 bits per heavy atom. The molecule has 1 aromatic rings. The van der Waals surface area contributed by atoms with Gasteiger partial charge in [0.1, 0.15) is 24.2 Å². The molecule has 1 fully saturated rings. The Bertz CT molecular complexity index is 1160. The van der Waals surface area contributed by atoms with Crippen LogP contribution in [0, 0.1) is 11.8 Å². The van der Waals surface area contributed by atoms with Crippen molar-refractivity contribution in [1.82, 2.24) is 15.2 Å². The summed E-state index contributed by atoms with van der Waals surface area (Å²) in [4.78, 5) is 56.3. The van der Waals surface area contributed by atoms with Crippen LogP contribution in [0.2, 0.25) is 0 Å². The number of oxazole rings is 1. The molecular weight excluding hydrogens is 526 g/mol. The highest BCUT2D eigenvalue weighted by Gasteiger charge is 2.38. The molecule has 2 amide bonds. The van der Waals surface area contributed by atoms with Crippen LogP contribution in [0.3, 0.4) is 0 Å². The molecule has 10 heteroatoms. The number of ketones is 1. The molecule has 0 saturated carbocycles. The zero-order valence-corrected chi connectivity index (χ0v) is 24.7. The summed E-state index contributed by atoms with van der Waals surface area (Å²) in [6.45, 7) is 13.7. The van der Waals surface area contributed by atoms with E-state index in [9.17, 15) is 24.3 Å². The Labute approximate surface area is 242 Å². The number of allylic oxidation sites excluding steroid dienone is 3. The van der Waals surface area contributed by atoms with Gasteiger partial charge in [0.05, 0.1) is 12.5 Å².